The molecule has 31 heavy (non-hydrogen) atoms. The SMILES string of the molecule is Cc1c(NC(=O)C(C)N(c2cccc(Cl)c2)S(C)(=O)=O)c(=O)n(-c2ccccc2)n1C. The summed E-state index contributed by atoms with van der Waals surface area (Å²) in [7, 11) is -2.11. The molecule has 164 valence electrons. The van der Waals surface area contributed by atoms with Gasteiger partial charge in [-0.15, -0.1) is 0 Å². The Morgan fingerprint density at radius 1 is 1.13 bits per heavy atom. The monoisotopic (exact) mass is 462 g/mol. The fourth-order valence-electron chi connectivity index (χ4n) is 3.36. The molecule has 1 atom stereocenters. The third-order valence-corrected chi connectivity index (χ3v) is 6.43. The molecule has 0 bridgehead atoms. The van der Waals surface area contributed by atoms with Crippen molar-refractivity contribution in [3.8, 4) is 5.69 Å². The average Bonchev–Trinajstić information content (AvgIpc) is 2.91. The summed E-state index contributed by atoms with van der Waals surface area (Å²) >= 11 is 6.00. The van der Waals surface area contributed by atoms with Gasteiger partial charge in [0, 0.05) is 12.1 Å². The van der Waals surface area contributed by atoms with E-state index in [2.05, 4.69) is 5.32 Å². The Labute approximate surface area is 185 Å². The number of rotatable bonds is 6. The van der Waals surface area contributed by atoms with Crippen molar-refractivity contribution in [1.29, 1.82) is 0 Å². The van der Waals surface area contributed by atoms with Crippen molar-refractivity contribution in [1.82, 2.24) is 9.36 Å². The number of anilines is 2. The van der Waals surface area contributed by atoms with Gasteiger partial charge in [-0.2, -0.15) is 0 Å². The molecule has 0 saturated carbocycles. The number of nitrogens with zero attached hydrogens (tertiary/aromatic N) is 3. The first-order chi connectivity index (χ1) is 14.5. The molecule has 0 aliphatic heterocycles. The van der Waals surface area contributed by atoms with E-state index < -0.39 is 27.5 Å². The van der Waals surface area contributed by atoms with Crippen LogP contribution in [0.3, 0.4) is 0 Å². The van der Waals surface area contributed by atoms with Crippen molar-refractivity contribution in [2.24, 2.45) is 7.05 Å². The van der Waals surface area contributed by atoms with Crippen LogP contribution in [-0.4, -0.2) is 36.0 Å². The third-order valence-electron chi connectivity index (χ3n) is 4.95. The van der Waals surface area contributed by atoms with Gasteiger partial charge in [0.2, 0.25) is 15.9 Å². The lowest BCUT2D eigenvalue weighted by molar-refractivity contribution is -0.116. The maximum absolute atomic E-state index is 13.0. The zero-order valence-corrected chi connectivity index (χ0v) is 19.1. The quantitative estimate of drug-likeness (QED) is 0.609. The van der Waals surface area contributed by atoms with E-state index in [0.717, 1.165) is 10.6 Å². The minimum absolute atomic E-state index is 0.0859. The van der Waals surface area contributed by atoms with E-state index in [1.165, 1.54) is 17.7 Å². The summed E-state index contributed by atoms with van der Waals surface area (Å²) in [5, 5.41) is 2.95. The van der Waals surface area contributed by atoms with Gasteiger partial charge in [0.25, 0.3) is 5.56 Å². The normalized spacial score (nSPS) is 12.4. The van der Waals surface area contributed by atoms with Crippen LogP contribution in [0.25, 0.3) is 5.69 Å². The molecule has 0 radical (unpaired) electrons. The maximum atomic E-state index is 13.0. The van der Waals surface area contributed by atoms with E-state index in [-0.39, 0.29) is 11.4 Å². The van der Waals surface area contributed by atoms with Gasteiger partial charge in [0.1, 0.15) is 11.7 Å². The van der Waals surface area contributed by atoms with Crippen molar-refractivity contribution in [3.63, 3.8) is 0 Å². The van der Waals surface area contributed by atoms with Crippen LogP contribution < -0.4 is 15.2 Å². The van der Waals surface area contributed by atoms with Crippen LogP contribution in [0.4, 0.5) is 11.4 Å². The van der Waals surface area contributed by atoms with E-state index in [0.29, 0.717) is 16.4 Å². The highest BCUT2D eigenvalue weighted by molar-refractivity contribution is 7.92. The van der Waals surface area contributed by atoms with Crippen molar-refractivity contribution in [3.05, 3.63) is 75.7 Å². The Hall–Kier alpha value is -3.04. The zero-order valence-electron chi connectivity index (χ0n) is 17.5. The molecule has 0 saturated heterocycles. The van der Waals surface area contributed by atoms with Gasteiger partial charge in [0.15, 0.2) is 0 Å². The summed E-state index contributed by atoms with van der Waals surface area (Å²) in [5.41, 5.74) is 1.10. The minimum Gasteiger partial charge on any atom is -0.318 e. The number of para-hydroxylation sites is 1. The van der Waals surface area contributed by atoms with Crippen LogP contribution in [0.5, 0.6) is 0 Å². The number of carbonyl (C=O) groups is 1. The number of benzene rings is 2. The number of nitrogens with one attached hydrogen (secondary N) is 1. The summed E-state index contributed by atoms with van der Waals surface area (Å²) in [4.78, 5) is 26.0. The molecule has 1 heterocycles. The molecular formula is C21H23ClN4O4S. The van der Waals surface area contributed by atoms with E-state index in [1.807, 2.05) is 6.07 Å². The Morgan fingerprint density at radius 2 is 1.77 bits per heavy atom. The lowest BCUT2D eigenvalue weighted by Crippen LogP contribution is -2.45. The number of hydrogen-bond donors (Lipinski definition) is 1. The molecule has 0 fully saturated rings. The fraction of sp³-hybridized carbons (Fsp3) is 0.238. The first-order valence-electron chi connectivity index (χ1n) is 9.42. The van der Waals surface area contributed by atoms with Gasteiger partial charge < -0.3 is 5.32 Å². The molecule has 0 spiro atoms. The molecule has 0 aliphatic carbocycles. The molecule has 3 aromatic rings. The molecule has 1 amide bonds. The van der Waals surface area contributed by atoms with Crippen LogP contribution in [0.15, 0.2) is 59.4 Å². The Kier molecular flexibility index (Phi) is 6.28. The summed E-state index contributed by atoms with van der Waals surface area (Å²) in [5.74, 6) is -0.642. The van der Waals surface area contributed by atoms with Crippen LogP contribution >= 0.6 is 11.6 Å². The van der Waals surface area contributed by atoms with Crippen molar-refractivity contribution in [2.75, 3.05) is 15.9 Å². The van der Waals surface area contributed by atoms with E-state index in [4.69, 9.17) is 11.6 Å². The Bertz CT molecular complexity index is 1280. The number of amides is 1. The summed E-state index contributed by atoms with van der Waals surface area (Å²) in [6.07, 6.45) is 1.01. The number of aromatic nitrogens is 2. The maximum Gasteiger partial charge on any atom is 0.295 e. The smallest absolute Gasteiger partial charge is 0.295 e. The third kappa shape index (κ3) is 4.52. The molecular weight excluding hydrogens is 440 g/mol. The van der Waals surface area contributed by atoms with Gasteiger partial charge >= 0.3 is 0 Å². The lowest BCUT2D eigenvalue weighted by Gasteiger charge is -2.28. The second kappa shape index (κ2) is 8.60. The number of carbonyl (C=O) groups excluding carboxylic acids is 1. The van der Waals surface area contributed by atoms with Crippen molar-refractivity contribution < 1.29 is 13.2 Å². The highest BCUT2D eigenvalue weighted by atomic mass is 35.5. The van der Waals surface area contributed by atoms with E-state index in [1.54, 1.807) is 61.1 Å². The molecule has 1 aromatic heterocycles. The average molecular weight is 463 g/mol. The van der Waals surface area contributed by atoms with Gasteiger partial charge in [0.05, 0.1) is 23.3 Å². The minimum atomic E-state index is -3.81. The van der Waals surface area contributed by atoms with Crippen LogP contribution in [0, 0.1) is 6.92 Å². The molecule has 3 rings (SSSR count). The molecule has 10 heteroatoms. The number of halogens is 1. The molecule has 0 aliphatic rings. The highest BCUT2D eigenvalue weighted by Gasteiger charge is 2.30. The zero-order chi connectivity index (χ0) is 22.9. The van der Waals surface area contributed by atoms with Gasteiger partial charge in [-0.05, 0) is 44.2 Å². The topological polar surface area (TPSA) is 93.4 Å². The number of sulfonamides is 1. The molecule has 2 aromatic carbocycles. The van der Waals surface area contributed by atoms with Crippen molar-refractivity contribution in [2.45, 2.75) is 19.9 Å². The molecule has 1 N–H and O–H groups in total. The van der Waals surface area contributed by atoms with Crippen LogP contribution in [-0.2, 0) is 21.9 Å². The summed E-state index contributed by atoms with van der Waals surface area (Å²) in [6, 6.07) is 14.1. The predicted molar refractivity (Wildman–Crippen MR) is 123 cm³/mol. The van der Waals surface area contributed by atoms with E-state index >= 15 is 0 Å². The standard InChI is InChI=1S/C21H23ClN4O4S/c1-14-19(21(28)25(24(14)3)17-10-6-5-7-11-17)23-20(27)15(2)26(31(4,29)30)18-12-8-9-16(22)13-18/h5-13,15H,1-4H3,(H,23,27). The Morgan fingerprint density at radius 3 is 2.35 bits per heavy atom. The van der Waals surface area contributed by atoms with Crippen molar-refractivity contribution >= 4 is 38.9 Å². The lowest BCUT2D eigenvalue weighted by atomic mass is 10.2. The molecule has 8 nitrogen and oxygen atoms in total. The van der Waals surface area contributed by atoms with Crippen LogP contribution in [0.2, 0.25) is 5.02 Å². The van der Waals surface area contributed by atoms with Gasteiger partial charge in [-0.1, -0.05) is 35.9 Å². The first kappa shape index (κ1) is 22.6. The van der Waals surface area contributed by atoms with Crippen LogP contribution in [0.1, 0.15) is 12.6 Å². The fourth-order valence-corrected chi connectivity index (χ4v) is 4.71. The predicted octanol–water partition coefficient (Wildman–Crippen LogP) is 2.93. The Balaban J connectivity index is 1.98. The summed E-state index contributed by atoms with van der Waals surface area (Å²) in [6.45, 7) is 3.15. The summed E-state index contributed by atoms with van der Waals surface area (Å²) < 4.78 is 28.9. The van der Waals surface area contributed by atoms with Gasteiger partial charge in [-0.3, -0.25) is 18.6 Å². The molecule has 1 unspecified atom stereocenters. The second-order valence-electron chi connectivity index (χ2n) is 7.14. The largest absolute Gasteiger partial charge is 0.318 e. The van der Waals surface area contributed by atoms with Gasteiger partial charge in [-0.25, -0.2) is 13.1 Å². The second-order valence-corrected chi connectivity index (χ2v) is 9.44. The first-order valence-corrected chi connectivity index (χ1v) is 11.6. The van der Waals surface area contributed by atoms with E-state index in [9.17, 15) is 18.0 Å². The number of hydrogen-bond acceptors (Lipinski definition) is 4. The highest BCUT2D eigenvalue weighted by Crippen LogP contribution is 2.25.